The number of hydrogen-bond acceptors (Lipinski definition) is 3. The van der Waals surface area contributed by atoms with Crippen LogP contribution < -0.4 is 0 Å². The van der Waals surface area contributed by atoms with Gasteiger partial charge in [0.05, 0.1) is 24.9 Å². The number of piperidine rings is 1. The molecular formula is C15H20FNO3. The van der Waals surface area contributed by atoms with Crippen LogP contribution in [0.1, 0.15) is 28.8 Å². The van der Waals surface area contributed by atoms with Gasteiger partial charge in [0.15, 0.2) is 0 Å². The number of halogens is 1. The Morgan fingerprint density at radius 1 is 1.45 bits per heavy atom. The summed E-state index contributed by atoms with van der Waals surface area (Å²) in [6, 6.07) is 4.88. The van der Waals surface area contributed by atoms with E-state index in [1.165, 1.54) is 6.07 Å². The molecule has 0 spiro atoms. The van der Waals surface area contributed by atoms with Crippen molar-refractivity contribution in [2.24, 2.45) is 0 Å². The molecule has 5 heteroatoms. The van der Waals surface area contributed by atoms with Crippen molar-refractivity contribution < 1.29 is 19.0 Å². The van der Waals surface area contributed by atoms with Crippen molar-refractivity contribution in [2.75, 3.05) is 26.3 Å². The normalized spacial score (nSPS) is 16.4. The summed E-state index contributed by atoms with van der Waals surface area (Å²) < 4.78 is 19.4. The van der Waals surface area contributed by atoms with Crippen molar-refractivity contribution >= 4 is 5.91 Å². The maximum atomic E-state index is 14.0. The first-order chi connectivity index (χ1) is 9.63. The molecule has 4 nitrogen and oxygen atoms in total. The zero-order valence-electron chi connectivity index (χ0n) is 11.6. The Hall–Kier alpha value is -1.46. The van der Waals surface area contributed by atoms with Gasteiger partial charge in [-0.15, -0.1) is 0 Å². The third kappa shape index (κ3) is 3.35. The molecule has 0 atom stereocenters. The third-order valence-electron chi connectivity index (χ3n) is 3.60. The number of ether oxygens (including phenoxy) is 1. The Bertz CT molecular complexity index is 470. The third-order valence-corrected chi connectivity index (χ3v) is 3.60. The van der Waals surface area contributed by atoms with Gasteiger partial charge in [0, 0.05) is 13.1 Å². The molecule has 110 valence electrons. The van der Waals surface area contributed by atoms with Gasteiger partial charge in [0.25, 0.3) is 5.91 Å². The molecule has 1 fully saturated rings. The van der Waals surface area contributed by atoms with E-state index in [0.29, 0.717) is 25.3 Å². The number of carbonyl (C=O) groups excluding carboxylic acids is 1. The Labute approximate surface area is 118 Å². The summed E-state index contributed by atoms with van der Waals surface area (Å²) >= 11 is 0. The Morgan fingerprint density at radius 2 is 2.15 bits per heavy atom. The number of likely N-dealkylation sites (tertiary alicyclic amines) is 1. The minimum Gasteiger partial charge on any atom is -0.394 e. The lowest BCUT2D eigenvalue weighted by Crippen LogP contribution is -2.41. The number of carbonyl (C=O) groups is 1. The lowest BCUT2D eigenvalue weighted by atomic mass is 10.0. The van der Waals surface area contributed by atoms with Crippen LogP contribution in [0.25, 0.3) is 0 Å². The molecule has 0 unspecified atom stereocenters. The van der Waals surface area contributed by atoms with Gasteiger partial charge in [0.2, 0.25) is 0 Å². The van der Waals surface area contributed by atoms with Crippen molar-refractivity contribution in [3.05, 3.63) is 35.1 Å². The highest BCUT2D eigenvalue weighted by molar-refractivity contribution is 5.94. The average molecular weight is 281 g/mol. The van der Waals surface area contributed by atoms with E-state index in [1.807, 2.05) is 0 Å². The van der Waals surface area contributed by atoms with Crippen LogP contribution in [0.4, 0.5) is 4.39 Å². The first-order valence-electron chi connectivity index (χ1n) is 6.90. The topological polar surface area (TPSA) is 49.8 Å². The smallest absolute Gasteiger partial charge is 0.256 e. The number of amides is 1. The van der Waals surface area contributed by atoms with E-state index in [2.05, 4.69) is 0 Å². The molecule has 2 rings (SSSR count). The largest absolute Gasteiger partial charge is 0.394 e. The molecule has 0 aliphatic carbocycles. The van der Waals surface area contributed by atoms with Crippen LogP contribution >= 0.6 is 0 Å². The zero-order chi connectivity index (χ0) is 14.5. The molecule has 0 saturated carbocycles. The van der Waals surface area contributed by atoms with Crippen molar-refractivity contribution in [3.63, 3.8) is 0 Å². The molecule has 1 aliphatic heterocycles. The summed E-state index contributed by atoms with van der Waals surface area (Å²) in [6.07, 6.45) is 1.52. The first-order valence-corrected chi connectivity index (χ1v) is 6.90. The number of hydrogen-bond donors (Lipinski definition) is 1. The van der Waals surface area contributed by atoms with Crippen LogP contribution in [-0.2, 0) is 4.74 Å². The Kier molecular flexibility index (Phi) is 5.09. The number of aryl methyl sites for hydroxylation is 1. The second kappa shape index (κ2) is 6.81. The van der Waals surface area contributed by atoms with Crippen molar-refractivity contribution in [2.45, 2.75) is 25.9 Å². The van der Waals surface area contributed by atoms with E-state index < -0.39 is 5.82 Å². The summed E-state index contributed by atoms with van der Waals surface area (Å²) in [5, 5.41) is 8.71. The molecule has 0 radical (unpaired) electrons. The maximum Gasteiger partial charge on any atom is 0.256 e. The van der Waals surface area contributed by atoms with Gasteiger partial charge in [-0.2, -0.15) is 0 Å². The van der Waals surface area contributed by atoms with Crippen molar-refractivity contribution in [3.8, 4) is 0 Å². The van der Waals surface area contributed by atoms with Gasteiger partial charge in [-0.25, -0.2) is 4.39 Å². The highest BCUT2D eigenvalue weighted by Crippen LogP contribution is 2.19. The number of rotatable bonds is 4. The van der Waals surface area contributed by atoms with Gasteiger partial charge in [0.1, 0.15) is 5.82 Å². The molecule has 1 saturated heterocycles. The number of benzene rings is 1. The van der Waals surface area contributed by atoms with Gasteiger partial charge in [-0.1, -0.05) is 12.1 Å². The standard InChI is InChI=1S/C15H20FNO3/c1-11-3-2-4-13(14(11)16)15(19)17-7-5-12(6-8-17)20-10-9-18/h2-4,12,18H,5-10H2,1H3. The van der Waals surface area contributed by atoms with Crippen LogP contribution in [-0.4, -0.2) is 48.3 Å². The van der Waals surface area contributed by atoms with E-state index in [9.17, 15) is 9.18 Å². The van der Waals surface area contributed by atoms with Crippen molar-refractivity contribution in [1.82, 2.24) is 4.90 Å². The van der Waals surface area contributed by atoms with Gasteiger partial charge in [-0.3, -0.25) is 4.79 Å². The fourth-order valence-electron chi connectivity index (χ4n) is 2.43. The molecule has 1 heterocycles. The molecule has 1 aromatic carbocycles. The van der Waals surface area contributed by atoms with Gasteiger partial charge >= 0.3 is 0 Å². The van der Waals surface area contributed by atoms with E-state index >= 15 is 0 Å². The van der Waals surface area contributed by atoms with E-state index in [-0.39, 0.29) is 24.2 Å². The molecule has 0 aromatic heterocycles. The minimum absolute atomic E-state index is 0.00759. The van der Waals surface area contributed by atoms with E-state index in [4.69, 9.17) is 9.84 Å². The minimum atomic E-state index is -0.434. The fraction of sp³-hybridized carbons (Fsp3) is 0.533. The second-order valence-electron chi connectivity index (χ2n) is 5.02. The molecule has 1 N–H and O–H groups in total. The molecular weight excluding hydrogens is 261 g/mol. The summed E-state index contributed by atoms with van der Waals surface area (Å²) in [7, 11) is 0. The average Bonchev–Trinajstić information content (AvgIpc) is 2.48. The van der Waals surface area contributed by atoms with E-state index in [0.717, 1.165) is 12.8 Å². The van der Waals surface area contributed by atoms with Crippen LogP contribution in [0.5, 0.6) is 0 Å². The monoisotopic (exact) mass is 281 g/mol. The molecule has 1 aliphatic rings. The van der Waals surface area contributed by atoms with E-state index in [1.54, 1.807) is 24.0 Å². The molecule has 1 amide bonds. The lowest BCUT2D eigenvalue weighted by molar-refractivity contribution is -0.00562. The number of nitrogens with zero attached hydrogens (tertiary/aromatic N) is 1. The quantitative estimate of drug-likeness (QED) is 0.914. The number of aliphatic hydroxyl groups is 1. The predicted molar refractivity (Wildman–Crippen MR) is 73.1 cm³/mol. The van der Waals surface area contributed by atoms with Crippen LogP contribution in [0.3, 0.4) is 0 Å². The van der Waals surface area contributed by atoms with Crippen LogP contribution in [0.2, 0.25) is 0 Å². The van der Waals surface area contributed by atoms with Gasteiger partial charge in [-0.05, 0) is 31.4 Å². The molecule has 20 heavy (non-hydrogen) atoms. The Balaban J connectivity index is 1.96. The summed E-state index contributed by atoms with van der Waals surface area (Å²) in [6.45, 7) is 3.10. The summed E-state index contributed by atoms with van der Waals surface area (Å²) in [5.41, 5.74) is 0.622. The molecule has 0 bridgehead atoms. The van der Waals surface area contributed by atoms with Gasteiger partial charge < -0.3 is 14.7 Å². The zero-order valence-corrected chi connectivity index (χ0v) is 11.6. The summed E-state index contributed by atoms with van der Waals surface area (Å²) in [4.78, 5) is 14.0. The fourth-order valence-corrected chi connectivity index (χ4v) is 2.43. The second-order valence-corrected chi connectivity index (χ2v) is 5.02. The van der Waals surface area contributed by atoms with Crippen molar-refractivity contribution in [1.29, 1.82) is 0 Å². The first kappa shape index (κ1) is 14.9. The predicted octanol–water partition coefficient (Wildman–Crippen LogP) is 1.75. The van der Waals surface area contributed by atoms with Crippen LogP contribution in [0.15, 0.2) is 18.2 Å². The van der Waals surface area contributed by atoms with Crippen LogP contribution in [0, 0.1) is 12.7 Å². The molecule has 1 aromatic rings. The highest BCUT2D eigenvalue weighted by Gasteiger charge is 2.25. The Morgan fingerprint density at radius 3 is 2.80 bits per heavy atom. The summed E-state index contributed by atoms with van der Waals surface area (Å²) in [5.74, 6) is -0.692. The highest BCUT2D eigenvalue weighted by atomic mass is 19.1. The maximum absolute atomic E-state index is 14.0. The SMILES string of the molecule is Cc1cccc(C(=O)N2CCC(OCCO)CC2)c1F. The lowest BCUT2D eigenvalue weighted by Gasteiger charge is -2.32. The number of aliphatic hydroxyl groups excluding tert-OH is 1.